The van der Waals surface area contributed by atoms with Crippen molar-refractivity contribution in [3.05, 3.63) is 45.7 Å². The number of H-pyrrole nitrogens is 1. The lowest BCUT2D eigenvalue weighted by molar-refractivity contribution is -0.145. The minimum atomic E-state index is -0.254. The standard InChI is InChI=1S/C16H19NO3/c1-3-4-5-15(18)20-10-13-9-12-8-11(2)6-7-14(12)17-16(13)19/h6-9H,3-5,10H2,1-2H3,(H,17,19). The summed E-state index contributed by atoms with van der Waals surface area (Å²) in [5.74, 6) is -0.254. The van der Waals surface area contributed by atoms with Crippen LogP contribution in [0.3, 0.4) is 0 Å². The molecule has 0 fully saturated rings. The second kappa shape index (κ2) is 6.37. The summed E-state index contributed by atoms with van der Waals surface area (Å²) in [7, 11) is 0. The predicted octanol–water partition coefficient (Wildman–Crippen LogP) is 3.07. The summed E-state index contributed by atoms with van der Waals surface area (Å²) in [6.45, 7) is 4.04. The fourth-order valence-corrected chi connectivity index (χ4v) is 2.03. The van der Waals surface area contributed by atoms with Crippen molar-refractivity contribution in [3.63, 3.8) is 0 Å². The highest BCUT2D eigenvalue weighted by Crippen LogP contribution is 2.13. The van der Waals surface area contributed by atoms with E-state index < -0.39 is 0 Å². The number of unbranched alkanes of at least 4 members (excludes halogenated alkanes) is 1. The fourth-order valence-electron chi connectivity index (χ4n) is 2.03. The molecule has 1 N–H and O–H groups in total. The number of aromatic amines is 1. The molecule has 106 valence electrons. The number of aromatic nitrogens is 1. The van der Waals surface area contributed by atoms with Crippen molar-refractivity contribution in [3.8, 4) is 0 Å². The smallest absolute Gasteiger partial charge is 0.306 e. The molecule has 4 nitrogen and oxygen atoms in total. The van der Waals surface area contributed by atoms with E-state index >= 15 is 0 Å². The summed E-state index contributed by atoms with van der Waals surface area (Å²) in [6, 6.07) is 7.60. The molecular weight excluding hydrogens is 254 g/mol. The van der Waals surface area contributed by atoms with Crippen molar-refractivity contribution in [2.24, 2.45) is 0 Å². The zero-order chi connectivity index (χ0) is 14.5. The third-order valence-electron chi connectivity index (χ3n) is 3.20. The van der Waals surface area contributed by atoms with Gasteiger partial charge < -0.3 is 9.72 Å². The van der Waals surface area contributed by atoms with E-state index in [0.717, 1.165) is 29.3 Å². The van der Waals surface area contributed by atoms with Gasteiger partial charge in [-0.1, -0.05) is 25.0 Å². The van der Waals surface area contributed by atoms with E-state index in [2.05, 4.69) is 4.98 Å². The predicted molar refractivity (Wildman–Crippen MR) is 78.6 cm³/mol. The number of carbonyl (C=O) groups excluding carboxylic acids is 1. The quantitative estimate of drug-likeness (QED) is 0.852. The Bertz CT molecular complexity index is 673. The zero-order valence-electron chi connectivity index (χ0n) is 11.9. The van der Waals surface area contributed by atoms with E-state index in [9.17, 15) is 9.59 Å². The van der Waals surface area contributed by atoms with Gasteiger partial charge in [0.05, 0.1) is 5.56 Å². The van der Waals surface area contributed by atoms with Gasteiger partial charge in [0.25, 0.3) is 5.56 Å². The molecule has 0 saturated carbocycles. The van der Waals surface area contributed by atoms with Crippen LogP contribution >= 0.6 is 0 Å². The van der Waals surface area contributed by atoms with Crippen molar-refractivity contribution in [1.82, 2.24) is 4.98 Å². The van der Waals surface area contributed by atoms with E-state index in [0.29, 0.717) is 12.0 Å². The molecule has 0 aliphatic carbocycles. The number of esters is 1. The first-order valence-corrected chi connectivity index (χ1v) is 6.88. The van der Waals surface area contributed by atoms with Crippen LogP contribution in [0, 0.1) is 6.92 Å². The average Bonchev–Trinajstić information content (AvgIpc) is 2.43. The molecule has 0 unspecified atom stereocenters. The van der Waals surface area contributed by atoms with Crippen LogP contribution in [0.5, 0.6) is 0 Å². The molecule has 0 bridgehead atoms. The maximum atomic E-state index is 11.9. The monoisotopic (exact) mass is 273 g/mol. The van der Waals surface area contributed by atoms with Crippen LogP contribution in [-0.2, 0) is 16.1 Å². The zero-order valence-corrected chi connectivity index (χ0v) is 11.9. The third-order valence-corrected chi connectivity index (χ3v) is 3.20. The van der Waals surface area contributed by atoms with E-state index in [1.807, 2.05) is 32.0 Å². The maximum absolute atomic E-state index is 11.9. The Morgan fingerprint density at radius 1 is 1.30 bits per heavy atom. The second-order valence-corrected chi connectivity index (χ2v) is 4.98. The topological polar surface area (TPSA) is 59.2 Å². The summed E-state index contributed by atoms with van der Waals surface area (Å²) in [4.78, 5) is 26.2. The van der Waals surface area contributed by atoms with Gasteiger partial charge in [-0.05, 0) is 36.9 Å². The van der Waals surface area contributed by atoms with E-state index in [-0.39, 0.29) is 18.1 Å². The van der Waals surface area contributed by atoms with Crippen molar-refractivity contribution in [1.29, 1.82) is 0 Å². The van der Waals surface area contributed by atoms with Gasteiger partial charge in [-0.3, -0.25) is 9.59 Å². The Balaban J connectivity index is 2.15. The van der Waals surface area contributed by atoms with Crippen LogP contribution < -0.4 is 5.56 Å². The number of ether oxygens (including phenoxy) is 1. The van der Waals surface area contributed by atoms with Gasteiger partial charge in [0.15, 0.2) is 0 Å². The number of rotatable bonds is 5. The third kappa shape index (κ3) is 3.47. The number of fused-ring (bicyclic) bond motifs is 1. The molecule has 4 heteroatoms. The first kappa shape index (κ1) is 14.3. The Kier molecular flexibility index (Phi) is 4.56. The number of hydrogen-bond acceptors (Lipinski definition) is 3. The molecule has 1 aromatic heterocycles. The van der Waals surface area contributed by atoms with Gasteiger partial charge in [-0.2, -0.15) is 0 Å². The fraction of sp³-hybridized carbons (Fsp3) is 0.375. The lowest BCUT2D eigenvalue weighted by Gasteiger charge is -2.06. The molecule has 2 aromatic rings. The van der Waals surface area contributed by atoms with Crippen molar-refractivity contribution >= 4 is 16.9 Å². The minimum Gasteiger partial charge on any atom is -0.461 e. The molecular formula is C16H19NO3. The van der Waals surface area contributed by atoms with Gasteiger partial charge in [0, 0.05) is 11.9 Å². The maximum Gasteiger partial charge on any atom is 0.306 e. The lowest BCUT2D eigenvalue weighted by Crippen LogP contribution is -2.15. The van der Waals surface area contributed by atoms with Gasteiger partial charge >= 0.3 is 5.97 Å². The van der Waals surface area contributed by atoms with Crippen LogP contribution in [0.1, 0.15) is 37.3 Å². The van der Waals surface area contributed by atoms with E-state index in [1.54, 1.807) is 6.07 Å². The molecule has 0 radical (unpaired) electrons. The summed E-state index contributed by atoms with van der Waals surface area (Å²) in [6.07, 6.45) is 2.16. The van der Waals surface area contributed by atoms with E-state index in [1.165, 1.54) is 0 Å². The summed E-state index contributed by atoms with van der Waals surface area (Å²) in [5.41, 5.74) is 2.19. The lowest BCUT2D eigenvalue weighted by atomic mass is 10.1. The minimum absolute atomic E-state index is 0.0295. The molecule has 0 amide bonds. The number of benzene rings is 1. The molecule has 0 aliphatic heterocycles. The van der Waals surface area contributed by atoms with Crippen LogP contribution in [-0.4, -0.2) is 11.0 Å². The Hall–Kier alpha value is -2.10. The molecule has 0 saturated heterocycles. The van der Waals surface area contributed by atoms with Gasteiger partial charge in [0.1, 0.15) is 6.61 Å². The Labute approximate surface area is 117 Å². The SMILES string of the molecule is CCCCC(=O)OCc1cc2cc(C)ccc2[nH]c1=O. The van der Waals surface area contributed by atoms with Crippen LogP contribution in [0.2, 0.25) is 0 Å². The average molecular weight is 273 g/mol. The molecule has 0 aliphatic rings. The van der Waals surface area contributed by atoms with Crippen LogP contribution in [0.25, 0.3) is 10.9 Å². The Morgan fingerprint density at radius 2 is 2.10 bits per heavy atom. The van der Waals surface area contributed by atoms with Crippen molar-refractivity contribution in [2.45, 2.75) is 39.7 Å². The number of pyridine rings is 1. The first-order valence-electron chi connectivity index (χ1n) is 6.88. The largest absolute Gasteiger partial charge is 0.461 e. The van der Waals surface area contributed by atoms with Crippen molar-refractivity contribution < 1.29 is 9.53 Å². The van der Waals surface area contributed by atoms with Gasteiger partial charge in [-0.25, -0.2) is 0 Å². The molecule has 1 aromatic carbocycles. The number of carbonyl (C=O) groups is 1. The molecule has 2 rings (SSSR count). The first-order chi connectivity index (χ1) is 9.60. The number of aryl methyl sites for hydroxylation is 1. The van der Waals surface area contributed by atoms with Gasteiger partial charge in [0.2, 0.25) is 0 Å². The number of nitrogens with one attached hydrogen (secondary N) is 1. The number of hydrogen-bond donors (Lipinski definition) is 1. The molecule has 1 heterocycles. The molecule has 0 atom stereocenters. The van der Waals surface area contributed by atoms with E-state index in [4.69, 9.17) is 4.74 Å². The molecule has 0 spiro atoms. The highest BCUT2D eigenvalue weighted by Gasteiger charge is 2.07. The Morgan fingerprint density at radius 3 is 2.85 bits per heavy atom. The normalized spacial score (nSPS) is 10.7. The summed E-state index contributed by atoms with van der Waals surface area (Å²) in [5, 5.41) is 0.948. The second-order valence-electron chi connectivity index (χ2n) is 4.98. The summed E-state index contributed by atoms with van der Waals surface area (Å²) < 4.78 is 5.13. The van der Waals surface area contributed by atoms with Crippen molar-refractivity contribution in [2.75, 3.05) is 0 Å². The van der Waals surface area contributed by atoms with Gasteiger partial charge in [-0.15, -0.1) is 0 Å². The highest BCUT2D eigenvalue weighted by molar-refractivity contribution is 5.79. The molecule has 20 heavy (non-hydrogen) atoms. The van der Waals surface area contributed by atoms with Crippen LogP contribution in [0.4, 0.5) is 0 Å². The summed E-state index contributed by atoms with van der Waals surface area (Å²) >= 11 is 0. The highest BCUT2D eigenvalue weighted by atomic mass is 16.5. The van der Waals surface area contributed by atoms with Crippen LogP contribution in [0.15, 0.2) is 29.1 Å².